The lowest BCUT2D eigenvalue weighted by Crippen LogP contribution is -2.17. The Balaban J connectivity index is 2.35. The van der Waals surface area contributed by atoms with Crippen molar-refractivity contribution >= 4 is 25.9 Å². The Morgan fingerprint density at radius 3 is 2.19 bits per heavy atom. The molecule has 10 heteroatoms. The van der Waals surface area contributed by atoms with Crippen LogP contribution in [0.4, 0.5) is 0 Å². The van der Waals surface area contributed by atoms with E-state index in [0.717, 1.165) is 5.56 Å². The predicted octanol–water partition coefficient (Wildman–Crippen LogP) is 1.77. The first kappa shape index (κ1) is 20.7. The molecule has 0 spiro atoms. The van der Waals surface area contributed by atoms with E-state index in [0.29, 0.717) is 0 Å². The number of ether oxygens (including phenoxy) is 1. The summed E-state index contributed by atoms with van der Waals surface area (Å²) in [6.45, 7) is 1.81. The van der Waals surface area contributed by atoms with Crippen LogP contribution in [0.2, 0.25) is 0 Å². The van der Waals surface area contributed by atoms with E-state index in [2.05, 4.69) is 0 Å². The first-order valence-electron chi connectivity index (χ1n) is 7.63. The highest BCUT2D eigenvalue weighted by Crippen LogP contribution is 2.31. The number of benzene rings is 2. The van der Waals surface area contributed by atoms with Crippen molar-refractivity contribution in [3.63, 3.8) is 0 Å². The lowest BCUT2D eigenvalue weighted by Gasteiger charge is -2.12. The first-order valence-corrected chi connectivity index (χ1v) is 10.9. The topological polar surface area (TPSA) is 124 Å². The Morgan fingerprint density at radius 2 is 1.63 bits per heavy atom. The zero-order valence-corrected chi connectivity index (χ0v) is 16.2. The normalized spacial score (nSPS) is 11.8. The monoisotopic (exact) mass is 414 g/mol. The predicted molar refractivity (Wildman–Crippen MR) is 97.1 cm³/mol. The molecule has 0 fully saturated rings. The Bertz CT molecular complexity index is 1040. The third-order valence-electron chi connectivity index (χ3n) is 3.47. The van der Waals surface area contributed by atoms with Crippen molar-refractivity contribution in [3.8, 4) is 11.5 Å². The Labute approximate surface area is 157 Å². The van der Waals surface area contributed by atoms with Crippen molar-refractivity contribution in [2.45, 2.75) is 17.6 Å². The molecule has 0 aromatic heterocycles. The van der Waals surface area contributed by atoms with E-state index in [4.69, 9.17) is 14.0 Å². The van der Waals surface area contributed by atoms with Gasteiger partial charge in [-0.1, -0.05) is 23.8 Å². The van der Waals surface area contributed by atoms with Gasteiger partial charge in [0.25, 0.3) is 0 Å². The van der Waals surface area contributed by atoms with Crippen LogP contribution in [0.1, 0.15) is 11.1 Å². The van der Waals surface area contributed by atoms with Gasteiger partial charge in [0, 0.05) is 0 Å². The van der Waals surface area contributed by atoms with Gasteiger partial charge in [0.05, 0.1) is 12.9 Å². The highest BCUT2D eigenvalue weighted by molar-refractivity contribution is 7.91. The summed E-state index contributed by atoms with van der Waals surface area (Å²) < 4.78 is 58.8. The maximum Gasteiger partial charge on any atom is 0.339 e. The van der Waals surface area contributed by atoms with E-state index < -0.39 is 37.4 Å². The zero-order valence-electron chi connectivity index (χ0n) is 14.6. The molecule has 2 aromatic rings. The molecule has 2 rings (SSSR count). The molecule has 0 saturated carbocycles. The number of carboxylic acid groups (broad SMARTS) is 1. The van der Waals surface area contributed by atoms with Gasteiger partial charge >= 0.3 is 16.1 Å². The van der Waals surface area contributed by atoms with Gasteiger partial charge in [-0.05, 0) is 36.8 Å². The number of carboxylic acids is 1. The number of hydrogen-bond acceptors (Lipinski definition) is 7. The maximum atomic E-state index is 12.4. The number of aryl methyl sites for hydroxylation is 1. The van der Waals surface area contributed by atoms with Crippen molar-refractivity contribution < 1.29 is 35.7 Å². The largest absolute Gasteiger partial charge is 0.493 e. The molecule has 0 saturated heterocycles. The van der Waals surface area contributed by atoms with E-state index in [1.54, 1.807) is 19.1 Å². The summed E-state index contributed by atoms with van der Waals surface area (Å²) in [6, 6.07) is 9.94. The van der Waals surface area contributed by atoms with Gasteiger partial charge < -0.3 is 14.0 Å². The quantitative estimate of drug-likeness (QED) is 0.648. The second kappa shape index (κ2) is 7.97. The minimum Gasteiger partial charge on any atom is -0.493 e. The van der Waals surface area contributed by atoms with Crippen LogP contribution < -0.4 is 8.92 Å². The van der Waals surface area contributed by atoms with Crippen LogP contribution >= 0.6 is 0 Å². The second-order valence-corrected chi connectivity index (χ2v) is 9.37. The third kappa shape index (κ3) is 5.69. The SMILES string of the molecule is COc1ccc(CS(=O)(=O)CC(=O)O)cc1OS(=O)(=O)c1ccc(C)cc1. The molecule has 146 valence electrons. The lowest BCUT2D eigenvalue weighted by atomic mass is 10.2. The number of rotatable bonds is 8. The van der Waals surface area contributed by atoms with Gasteiger partial charge in [0.15, 0.2) is 21.3 Å². The summed E-state index contributed by atoms with van der Waals surface area (Å²) in [5.74, 6) is -3.19. The van der Waals surface area contributed by atoms with Crippen LogP contribution in [-0.4, -0.2) is 40.8 Å². The Hall–Kier alpha value is -2.59. The molecule has 0 unspecified atom stereocenters. The number of aliphatic carboxylic acids is 1. The first-order chi connectivity index (χ1) is 12.5. The van der Waals surface area contributed by atoms with Crippen molar-refractivity contribution in [1.82, 2.24) is 0 Å². The van der Waals surface area contributed by atoms with Gasteiger partial charge in [0.2, 0.25) is 0 Å². The molecule has 0 aliphatic rings. The molecule has 2 aromatic carbocycles. The highest BCUT2D eigenvalue weighted by Gasteiger charge is 2.21. The van der Waals surface area contributed by atoms with E-state index in [9.17, 15) is 21.6 Å². The van der Waals surface area contributed by atoms with Gasteiger partial charge in [-0.2, -0.15) is 8.42 Å². The molecular weight excluding hydrogens is 396 g/mol. The fraction of sp³-hybridized carbons (Fsp3) is 0.235. The molecule has 0 bridgehead atoms. The smallest absolute Gasteiger partial charge is 0.339 e. The molecule has 0 aliphatic carbocycles. The molecule has 27 heavy (non-hydrogen) atoms. The van der Waals surface area contributed by atoms with E-state index in [1.165, 1.54) is 37.4 Å². The van der Waals surface area contributed by atoms with Crippen molar-refractivity contribution in [2.24, 2.45) is 0 Å². The van der Waals surface area contributed by atoms with Crippen LogP contribution in [0.25, 0.3) is 0 Å². The molecule has 0 radical (unpaired) electrons. The molecule has 0 atom stereocenters. The molecule has 8 nitrogen and oxygen atoms in total. The van der Waals surface area contributed by atoms with Crippen LogP contribution in [0.5, 0.6) is 11.5 Å². The van der Waals surface area contributed by atoms with Crippen LogP contribution in [0, 0.1) is 6.92 Å². The average molecular weight is 414 g/mol. The maximum absolute atomic E-state index is 12.4. The molecular formula is C17H18O8S2. The minimum absolute atomic E-state index is 0.0703. The Kier molecular flexibility index (Phi) is 6.11. The highest BCUT2D eigenvalue weighted by atomic mass is 32.2. The van der Waals surface area contributed by atoms with E-state index in [1.807, 2.05) is 0 Å². The second-order valence-electron chi connectivity index (χ2n) is 5.76. The fourth-order valence-corrected chi connectivity index (χ4v) is 4.34. The van der Waals surface area contributed by atoms with Crippen molar-refractivity contribution in [2.75, 3.05) is 12.9 Å². The van der Waals surface area contributed by atoms with E-state index >= 15 is 0 Å². The third-order valence-corrected chi connectivity index (χ3v) is 6.18. The number of methoxy groups -OCH3 is 1. The van der Waals surface area contributed by atoms with Gasteiger partial charge in [-0.15, -0.1) is 0 Å². The molecule has 0 heterocycles. The molecule has 0 amide bonds. The summed E-state index contributed by atoms with van der Waals surface area (Å²) in [5, 5.41) is 8.66. The van der Waals surface area contributed by atoms with Gasteiger partial charge in [0.1, 0.15) is 10.6 Å². The van der Waals surface area contributed by atoms with Crippen LogP contribution in [0.15, 0.2) is 47.4 Å². The van der Waals surface area contributed by atoms with Gasteiger partial charge in [-0.25, -0.2) is 8.42 Å². The summed E-state index contributed by atoms with van der Waals surface area (Å²) >= 11 is 0. The summed E-state index contributed by atoms with van der Waals surface area (Å²) in [5.41, 5.74) is 1.04. The zero-order chi connectivity index (χ0) is 20.2. The summed E-state index contributed by atoms with van der Waals surface area (Å²) in [7, 11) is -6.77. The number of carbonyl (C=O) groups is 1. The average Bonchev–Trinajstić information content (AvgIpc) is 2.53. The van der Waals surface area contributed by atoms with Crippen LogP contribution in [0.3, 0.4) is 0 Å². The van der Waals surface area contributed by atoms with Crippen molar-refractivity contribution in [1.29, 1.82) is 0 Å². The van der Waals surface area contributed by atoms with Crippen LogP contribution in [-0.2, 0) is 30.5 Å². The van der Waals surface area contributed by atoms with Gasteiger partial charge in [-0.3, -0.25) is 4.79 Å². The molecule has 0 aliphatic heterocycles. The summed E-state index contributed by atoms with van der Waals surface area (Å²) in [4.78, 5) is 10.6. The lowest BCUT2D eigenvalue weighted by molar-refractivity contribution is -0.134. The number of sulfone groups is 1. The Morgan fingerprint density at radius 1 is 1.00 bits per heavy atom. The standard InChI is InChI=1S/C17H18O8S2/c1-12-3-6-14(7-4-12)27(22,23)25-16-9-13(5-8-15(16)24-2)10-26(20,21)11-17(18)19/h3-9H,10-11H2,1-2H3,(H,18,19). The molecule has 1 N–H and O–H groups in total. The fourth-order valence-electron chi connectivity index (χ4n) is 2.24. The summed E-state index contributed by atoms with van der Waals surface area (Å²) in [6.07, 6.45) is 0. The van der Waals surface area contributed by atoms with E-state index in [-0.39, 0.29) is 22.0 Å². The minimum atomic E-state index is -4.17. The van der Waals surface area contributed by atoms with Crippen molar-refractivity contribution in [3.05, 3.63) is 53.6 Å². The number of hydrogen-bond donors (Lipinski definition) is 1.